The van der Waals surface area contributed by atoms with Gasteiger partial charge in [0, 0.05) is 17.5 Å². The van der Waals surface area contributed by atoms with Gasteiger partial charge in [-0.25, -0.2) is 0 Å². The maximum atomic E-state index is 14.4. The fourth-order valence-electron chi connectivity index (χ4n) is 2.94. The van der Waals surface area contributed by atoms with E-state index in [1.807, 2.05) is 0 Å². The Balaban J connectivity index is 2.14. The molecular formula is C24H17F3O. The summed E-state index contributed by atoms with van der Waals surface area (Å²) < 4.78 is 43.2. The molecule has 0 spiro atoms. The summed E-state index contributed by atoms with van der Waals surface area (Å²) in [7, 11) is 0. The Kier molecular flexibility index (Phi) is 5.65. The number of rotatable bonds is 4. The fraction of sp³-hybridized carbons (Fsp3) is 0.125. The van der Waals surface area contributed by atoms with Gasteiger partial charge in [0.1, 0.15) is 0 Å². The van der Waals surface area contributed by atoms with E-state index in [4.69, 9.17) is 0 Å². The van der Waals surface area contributed by atoms with Crippen LogP contribution in [0.25, 0.3) is 0 Å². The molecule has 0 aliphatic heterocycles. The second-order valence-electron chi connectivity index (χ2n) is 6.35. The van der Waals surface area contributed by atoms with Crippen molar-refractivity contribution in [1.29, 1.82) is 0 Å². The molecule has 3 aromatic carbocycles. The van der Waals surface area contributed by atoms with Crippen LogP contribution in [0.15, 0.2) is 91.0 Å². The predicted molar refractivity (Wildman–Crippen MR) is 103 cm³/mol. The van der Waals surface area contributed by atoms with Gasteiger partial charge >= 0.3 is 6.18 Å². The van der Waals surface area contributed by atoms with Crippen LogP contribution in [-0.4, -0.2) is 12.0 Å². The standard InChI is InChI=1S/C24H17F3O/c25-24(26,27)23(21-14-8-3-9-15-21,17-16-19-10-4-1-5-11-19)18-22(28)20-12-6-2-7-13-20/h1-15H,18H2. The van der Waals surface area contributed by atoms with Crippen molar-refractivity contribution in [3.05, 3.63) is 108 Å². The first kappa shape index (κ1) is 19.4. The molecule has 3 rings (SSSR count). The molecule has 0 N–H and O–H groups in total. The molecule has 0 amide bonds. The monoisotopic (exact) mass is 378 g/mol. The maximum Gasteiger partial charge on any atom is 0.409 e. The first-order chi connectivity index (χ1) is 13.4. The first-order valence-electron chi connectivity index (χ1n) is 8.71. The normalized spacial score (nSPS) is 13.1. The molecular weight excluding hydrogens is 361 g/mol. The lowest BCUT2D eigenvalue weighted by Crippen LogP contribution is -2.43. The lowest BCUT2D eigenvalue weighted by molar-refractivity contribution is -0.172. The lowest BCUT2D eigenvalue weighted by Gasteiger charge is -2.31. The molecule has 3 aromatic rings. The molecule has 0 bridgehead atoms. The van der Waals surface area contributed by atoms with E-state index in [0.29, 0.717) is 5.56 Å². The van der Waals surface area contributed by atoms with Gasteiger partial charge in [0.2, 0.25) is 0 Å². The molecule has 1 unspecified atom stereocenters. The minimum atomic E-state index is -4.74. The van der Waals surface area contributed by atoms with Crippen molar-refractivity contribution in [3.8, 4) is 11.8 Å². The van der Waals surface area contributed by atoms with E-state index >= 15 is 0 Å². The highest BCUT2D eigenvalue weighted by molar-refractivity contribution is 5.97. The lowest BCUT2D eigenvalue weighted by atomic mass is 9.75. The number of Topliss-reactive ketones (excluding diaryl/α,β-unsaturated/α-hetero) is 1. The van der Waals surface area contributed by atoms with Crippen molar-refractivity contribution >= 4 is 5.78 Å². The van der Waals surface area contributed by atoms with E-state index in [9.17, 15) is 18.0 Å². The Hall–Kier alpha value is -3.32. The number of carbonyl (C=O) groups is 1. The third-order valence-corrected chi connectivity index (χ3v) is 4.47. The zero-order valence-electron chi connectivity index (χ0n) is 14.9. The van der Waals surface area contributed by atoms with Crippen LogP contribution in [0, 0.1) is 11.8 Å². The number of carbonyl (C=O) groups excluding carboxylic acids is 1. The van der Waals surface area contributed by atoms with Gasteiger partial charge in [-0.2, -0.15) is 13.2 Å². The maximum absolute atomic E-state index is 14.4. The SMILES string of the molecule is O=C(CC(C#Cc1ccccc1)(c1ccccc1)C(F)(F)F)c1ccccc1. The molecule has 28 heavy (non-hydrogen) atoms. The minimum absolute atomic E-state index is 0.0461. The number of halogens is 3. The van der Waals surface area contributed by atoms with Gasteiger partial charge in [0.25, 0.3) is 0 Å². The Labute approximate surface area is 161 Å². The van der Waals surface area contributed by atoms with Crippen molar-refractivity contribution in [3.63, 3.8) is 0 Å². The zero-order valence-corrected chi connectivity index (χ0v) is 14.9. The highest BCUT2D eigenvalue weighted by Crippen LogP contribution is 2.44. The summed E-state index contributed by atoms with van der Waals surface area (Å²) in [6, 6.07) is 23.8. The number of hydrogen-bond acceptors (Lipinski definition) is 1. The molecule has 1 atom stereocenters. The van der Waals surface area contributed by atoms with E-state index < -0.39 is 23.8 Å². The molecule has 0 aromatic heterocycles. The van der Waals surface area contributed by atoms with Crippen molar-refractivity contribution < 1.29 is 18.0 Å². The topological polar surface area (TPSA) is 17.1 Å². The van der Waals surface area contributed by atoms with E-state index in [1.54, 1.807) is 54.6 Å². The third-order valence-electron chi connectivity index (χ3n) is 4.47. The largest absolute Gasteiger partial charge is 0.409 e. The van der Waals surface area contributed by atoms with Crippen molar-refractivity contribution in [2.45, 2.75) is 18.0 Å². The van der Waals surface area contributed by atoms with Gasteiger partial charge in [-0.05, 0) is 17.7 Å². The number of alkyl halides is 3. The molecule has 0 heterocycles. The molecule has 1 nitrogen and oxygen atoms in total. The Morgan fingerprint density at radius 2 is 1.25 bits per heavy atom. The average molecular weight is 378 g/mol. The second-order valence-corrected chi connectivity index (χ2v) is 6.35. The van der Waals surface area contributed by atoms with Crippen molar-refractivity contribution in [2.75, 3.05) is 0 Å². The predicted octanol–water partition coefficient (Wildman–Crippen LogP) is 5.81. The average Bonchev–Trinajstić information content (AvgIpc) is 2.72. The fourth-order valence-corrected chi connectivity index (χ4v) is 2.94. The van der Waals surface area contributed by atoms with Gasteiger partial charge in [-0.1, -0.05) is 90.7 Å². The quantitative estimate of drug-likeness (QED) is 0.413. The van der Waals surface area contributed by atoms with Crippen LogP contribution in [0.3, 0.4) is 0 Å². The number of ketones is 1. The van der Waals surface area contributed by atoms with Crippen molar-refractivity contribution in [2.24, 2.45) is 0 Å². The van der Waals surface area contributed by atoms with E-state index in [2.05, 4.69) is 11.8 Å². The first-order valence-corrected chi connectivity index (χ1v) is 8.71. The third kappa shape index (κ3) is 4.15. The molecule has 0 aliphatic carbocycles. The highest BCUT2D eigenvalue weighted by Gasteiger charge is 2.56. The second kappa shape index (κ2) is 8.14. The number of hydrogen-bond donors (Lipinski definition) is 0. The Morgan fingerprint density at radius 1 is 0.750 bits per heavy atom. The van der Waals surface area contributed by atoms with E-state index in [-0.39, 0.29) is 11.1 Å². The molecule has 4 heteroatoms. The molecule has 0 radical (unpaired) electrons. The summed E-state index contributed by atoms with van der Waals surface area (Å²) in [5.74, 6) is 4.43. The van der Waals surface area contributed by atoms with Crippen LogP contribution in [0.1, 0.15) is 27.9 Å². The summed E-state index contributed by atoms with van der Waals surface area (Å²) in [5.41, 5.74) is -1.96. The smallest absolute Gasteiger partial charge is 0.294 e. The van der Waals surface area contributed by atoms with Gasteiger partial charge in [0.05, 0.1) is 0 Å². The van der Waals surface area contributed by atoms with Crippen molar-refractivity contribution in [1.82, 2.24) is 0 Å². The Bertz CT molecular complexity index is 984. The minimum Gasteiger partial charge on any atom is -0.294 e. The van der Waals surface area contributed by atoms with Gasteiger partial charge in [-0.15, -0.1) is 0 Å². The van der Waals surface area contributed by atoms with Crippen LogP contribution in [-0.2, 0) is 5.41 Å². The summed E-state index contributed by atoms with van der Waals surface area (Å²) in [6.45, 7) is 0. The summed E-state index contributed by atoms with van der Waals surface area (Å²) in [5, 5.41) is 0. The van der Waals surface area contributed by atoms with Crippen LogP contribution in [0.4, 0.5) is 13.2 Å². The van der Waals surface area contributed by atoms with Gasteiger partial charge in [-0.3, -0.25) is 4.79 Å². The highest BCUT2D eigenvalue weighted by atomic mass is 19.4. The Morgan fingerprint density at radius 3 is 1.79 bits per heavy atom. The van der Waals surface area contributed by atoms with Crippen LogP contribution < -0.4 is 0 Å². The molecule has 0 aliphatic rings. The number of benzene rings is 3. The summed E-state index contributed by atoms with van der Waals surface area (Å²) in [6.07, 6.45) is -5.52. The van der Waals surface area contributed by atoms with Gasteiger partial charge < -0.3 is 0 Å². The summed E-state index contributed by atoms with van der Waals surface area (Å²) >= 11 is 0. The van der Waals surface area contributed by atoms with Crippen LogP contribution in [0.5, 0.6) is 0 Å². The van der Waals surface area contributed by atoms with E-state index in [0.717, 1.165) is 0 Å². The molecule has 0 saturated carbocycles. The van der Waals surface area contributed by atoms with Crippen LogP contribution >= 0.6 is 0 Å². The molecule has 140 valence electrons. The van der Waals surface area contributed by atoms with Gasteiger partial charge in [0.15, 0.2) is 11.2 Å². The molecule has 0 saturated heterocycles. The molecule has 0 fully saturated rings. The van der Waals surface area contributed by atoms with E-state index in [1.165, 1.54) is 36.4 Å². The zero-order chi connectivity index (χ0) is 20.0. The summed E-state index contributed by atoms with van der Waals surface area (Å²) in [4.78, 5) is 12.7. The van der Waals surface area contributed by atoms with Crippen LogP contribution in [0.2, 0.25) is 0 Å².